The molecule has 3 heteroatoms. The molecule has 1 aliphatic rings. The van der Waals surface area contributed by atoms with Gasteiger partial charge in [0, 0.05) is 10.0 Å². The topological polar surface area (TPSA) is 35.2 Å². The van der Waals surface area contributed by atoms with E-state index in [2.05, 4.69) is 15.9 Å². The number of nitrogens with two attached hydrogens (primary N) is 1. The second kappa shape index (κ2) is 2.50. The molecule has 2 rings (SSSR count). The van der Waals surface area contributed by atoms with Gasteiger partial charge in [-0.3, -0.25) is 0 Å². The highest BCUT2D eigenvalue weighted by atomic mass is 79.9. The van der Waals surface area contributed by atoms with Crippen LogP contribution in [-0.2, 0) is 0 Å². The molecule has 0 radical (unpaired) electrons. The minimum atomic E-state index is 0.0283. The Morgan fingerprint density at radius 2 is 2.36 bits per heavy atom. The van der Waals surface area contributed by atoms with E-state index >= 15 is 0 Å². The smallest absolute Gasteiger partial charge is 0.125 e. The van der Waals surface area contributed by atoms with Crippen molar-refractivity contribution in [3.8, 4) is 5.75 Å². The summed E-state index contributed by atoms with van der Waals surface area (Å²) in [6.07, 6.45) is 0. The monoisotopic (exact) mass is 213 g/mol. The van der Waals surface area contributed by atoms with E-state index in [0.717, 1.165) is 15.8 Å². The van der Waals surface area contributed by atoms with E-state index in [0.29, 0.717) is 6.61 Å². The highest BCUT2D eigenvalue weighted by molar-refractivity contribution is 9.10. The van der Waals surface area contributed by atoms with Crippen molar-refractivity contribution in [2.75, 3.05) is 6.61 Å². The molecule has 0 saturated heterocycles. The predicted octanol–water partition coefficient (Wildman–Crippen LogP) is 1.84. The van der Waals surface area contributed by atoms with Gasteiger partial charge in [0.1, 0.15) is 12.4 Å². The lowest BCUT2D eigenvalue weighted by atomic mass is 10.1. The van der Waals surface area contributed by atoms with Crippen LogP contribution in [0.5, 0.6) is 5.75 Å². The molecule has 0 aromatic heterocycles. The van der Waals surface area contributed by atoms with Gasteiger partial charge in [-0.2, -0.15) is 0 Å². The molecule has 1 aromatic carbocycles. The number of hydrogen-bond acceptors (Lipinski definition) is 2. The van der Waals surface area contributed by atoms with Crippen molar-refractivity contribution >= 4 is 15.9 Å². The summed E-state index contributed by atoms with van der Waals surface area (Å²) in [5, 5.41) is 0. The second-order valence-electron chi connectivity index (χ2n) is 2.57. The van der Waals surface area contributed by atoms with Gasteiger partial charge in [-0.25, -0.2) is 0 Å². The molecule has 2 N–H and O–H groups in total. The van der Waals surface area contributed by atoms with Crippen molar-refractivity contribution in [2.24, 2.45) is 5.73 Å². The van der Waals surface area contributed by atoms with Crippen LogP contribution in [0.3, 0.4) is 0 Å². The minimum Gasteiger partial charge on any atom is -0.491 e. The molecular weight excluding hydrogens is 206 g/mol. The average molecular weight is 214 g/mol. The van der Waals surface area contributed by atoms with E-state index in [4.69, 9.17) is 10.5 Å². The van der Waals surface area contributed by atoms with E-state index in [1.165, 1.54) is 0 Å². The summed E-state index contributed by atoms with van der Waals surface area (Å²) in [5.74, 6) is 0.909. The zero-order chi connectivity index (χ0) is 7.84. The Labute approximate surface area is 73.5 Å². The van der Waals surface area contributed by atoms with Crippen molar-refractivity contribution in [1.82, 2.24) is 0 Å². The van der Waals surface area contributed by atoms with Gasteiger partial charge in [0.25, 0.3) is 0 Å². The average Bonchev–Trinajstić information content (AvgIpc) is 2.34. The highest BCUT2D eigenvalue weighted by Crippen LogP contribution is 2.36. The molecule has 0 unspecified atom stereocenters. The van der Waals surface area contributed by atoms with E-state index in [-0.39, 0.29) is 6.04 Å². The third-order valence-electron chi connectivity index (χ3n) is 1.80. The maximum absolute atomic E-state index is 5.79. The molecule has 1 atom stereocenters. The normalized spacial score (nSPS) is 21.1. The van der Waals surface area contributed by atoms with Gasteiger partial charge < -0.3 is 10.5 Å². The molecule has 1 aliphatic heterocycles. The summed E-state index contributed by atoms with van der Waals surface area (Å²) in [6, 6.07) is 5.89. The molecule has 2 nitrogen and oxygen atoms in total. The van der Waals surface area contributed by atoms with Crippen molar-refractivity contribution in [3.63, 3.8) is 0 Å². The number of benzene rings is 1. The van der Waals surface area contributed by atoms with Gasteiger partial charge in [0.15, 0.2) is 0 Å². The Balaban J connectivity index is 2.58. The number of hydrogen-bond donors (Lipinski definition) is 1. The van der Waals surface area contributed by atoms with Gasteiger partial charge in [0.05, 0.1) is 6.04 Å². The van der Waals surface area contributed by atoms with Crippen LogP contribution in [0.25, 0.3) is 0 Å². The van der Waals surface area contributed by atoms with Crippen molar-refractivity contribution in [3.05, 3.63) is 28.2 Å². The van der Waals surface area contributed by atoms with Crippen LogP contribution in [0.1, 0.15) is 11.6 Å². The zero-order valence-corrected chi connectivity index (χ0v) is 7.47. The molecule has 58 valence electrons. The van der Waals surface area contributed by atoms with Crippen LogP contribution in [0.4, 0.5) is 0 Å². The molecule has 0 fully saturated rings. The zero-order valence-electron chi connectivity index (χ0n) is 5.88. The molecule has 11 heavy (non-hydrogen) atoms. The standard InChI is InChI=1S/C8H8BrNO/c9-5-2-1-3-7-8(5)6(10)4-11-7/h1-3,6H,4,10H2/t6-/m0/s1. The molecule has 1 aromatic rings. The van der Waals surface area contributed by atoms with Crippen LogP contribution in [-0.4, -0.2) is 6.61 Å². The molecule has 0 bridgehead atoms. The van der Waals surface area contributed by atoms with Crippen LogP contribution in [0.15, 0.2) is 22.7 Å². The first-order valence-electron chi connectivity index (χ1n) is 3.46. The summed E-state index contributed by atoms with van der Waals surface area (Å²) in [5.41, 5.74) is 6.88. The molecule has 0 saturated carbocycles. The Morgan fingerprint density at radius 1 is 1.55 bits per heavy atom. The Morgan fingerprint density at radius 3 is 3.09 bits per heavy atom. The summed E-state index contributed by atoms with van der Waals surface area (Å²) in [4.78, 5) is 0. The lowest BCUT2D eigenvalue weighted by Gasteiger charge is -2.01. The van der Waals surface area contributed by atoms with Gasteiger partial charge in [0.2, 0.25) is 0 Å². The fourth-order valence-corrected chi connectivity index (χ4v) is 1.91. The fourth-order valence-electron chi connectivity index (χ4n) is 1.27. The summed E-state index contributed by atoms with van der Waals surface area (Å²) >= 11 is 3.43. The van der Waals surface area contributed by atoms with Crippen molar-refractivity contribution in [1.29, 1.82) is 0 Å². The summed E-state index contributed by atoms with van der Waals surface area (Å²) in [6.45, 7) is 0.595. The number of ether oxygens (including phenoxy) is 1. The van der Waals surface area contributed by atoms with Crippen LogP contribution < -0.4 is 10.5 Å². The van der Waals surface area contributed by atoms with Gasteiger partial charge in [-0.05, 0) is 12.1 Å². The van der Waals surface area contributed by atoms with Crippen molar-refractivity contribution in [2.45, 2.75) is 6.04 Å². The maximum atomic E-state index is 5.79. The van der Waals surface area contributed by atoms with E-state index in [9.17, 15) is 0 Å². The molecule has 1 heterocycles. The van der Waals surface area contributed by atoms with Gasteiger partial charge >= 0.3 is 0 Å². The first-order chi connectivity index (χ1) is 5.29. The van der Waals surface area contributed by atoms with Gasteiger partial charge in [-0.1, -0.05) is 22.0 Å². The third-order valence-corrected chi connectivity index (χ3v) is 2.49. The Kier molecular flexibility index (Phi) is 1.62. The lowest BCUT2D eigenvalue weighted by molar-refractivity contribution is 0.333. The van der Waals surface area contributed by atoms with Crippen LogP contribution in [0.2, 0.25) is 0 Å². The van der Waals surface area contributed by atoms with E-state index < -0.39 is 0 Å². The number of fused-ring (bicyclic) bond motifs is 1. The Bertz CT molecular complexity index is 287. The predicted molar refractivity (Wildman–Crippen MR) is 46.6 cm³/mol. The Hall–Kier alpha value is -0.540. The largest absolute Gasteiger partial charge is 0.491 e. The first-order valence-corrected chi connectivity index (χ1v) is 4.25. The molecule has 0 spiro atoms. The maximum Gasteiger partial charge on any atom is 0.125 e. The molecule has 0 amide bonds. The van der Waals surface area contributed by atoms with E-state index in [1.54, 1.807) is 0 Å². The second-order valence-corrected chi connectivity index (χ2v) is 3.42. The highest BCUT2D eigenvalue weighted by Gasteiger charge is 2.22. The third kappa shape index (κ3) is 1.04. The minimum absolute atomic E-state index is 0.0283. The van der Waals surface area contributed by atoms with Crippen LogP contribution >= 0.6 is 15.9 Å². The SMILES string of the molecule is N[C@H]1COc2cccc(Br)c21. The quantitative estimate of drug-likeness (QED) is 0.715. The van der Waals surface area contributed by atoms with Gasteiger partial charge in [-0.15, -0.1) is 0 Å². The van der Waals surface area contributed by atoms with E-state index in [1.807, 2.05) is 18.2 Å². The lowest BCUT2D eigenvalue weighted by Crippen LogP contribution is -2.11. The number of halogens is 1. The fraction of sp³-hybridized carbons (Fsp3) is 0.250. The summed E-state index contributed by atoms with van der Waals surface area (Å²) < 4.78 is 6.38. The van der Waals surface area contributed by atoms with Crippen LogP contribution in [0, 0.1) is 0 Å². The summed E-state index contributed by atoms with van der Waals surface area (Å²) in [7, 11) is 0. The molecule has 0 aliphatic carbocycles. The first kappa shape index (κ1) is 7.13. The molecular formula is C8H8BrNO. The number of rotatable bonds is 0. The van der Waals surface area contributed by atoms with Crippen molar-refractivity contribution < 1.29 is 4.74 Å².